The molecule has 0 saturated carbocycles. The van der Waals surface area contributed by atoms with Gasteiger partial charge in [-0.05, 0) is 58.5 Å². The first-order valence-electron chi connectivity index (χ1n) is 7.76. The summed E-state index contributed by atoms with van der Waals surface area (Å²) in [5.74, 6) is 0.945. The second kappa shape index (κ2) is 8.98. The monoisotopic (exact) mass is 278 g/mol. The van der Waals surface area contributed by atoms with Crippen LogP contribution in [0.25, 0.3) is 0 Å². The van der Waals surface area contributed by atoms with E-state index in [1.54, 1.807) is 0 Å². The van der Waals surface area contributed by atoms with Crippen molar-refractivity contribution in [2.45, 2.75) is 46.2 Å². The Balaban J connectivity index is 2.73. The molecule has 1 N–H and O–H groups in total. The van der Waals surface area contributed by atoms with Gasteiger partial charge in [0, 0.05) is 18.6 Å². The molecule has 0 heterocycles. The van der Waals surface area contributed by atoms with Crippen molar-refractivity contribution in [3.8, 4) is 5.75 Å². The maximum Gasteiger partial charge on any atom is 0.119 e. The molecular formula is C17H30N2O. The topological polar surface area (TPSA) is 24.5 Å². The summed E-state index contributed by atoms with van der Waals surface area (Å²) in [7, 11) is 2.03. The standard InChI is InChI=1S/C17H30N2O/c1-6-12-19(14(3)4)13-17(18-5)15-8-10-16(11-9-15)20-7-2/h8-11,14,17-18H,6-7,12-13H2,1-5H3. The van der Waals surface area contributed by atoms with E-state index in [0.717, 1.165) is 18.8 Å². The van der Waals surface area contributed by atoms with Gasteiger partial charge in [-0.1, -0.05) is 19.1 Å². The largest absolute Gasteiger partial charge is 0.494 e. The average molecular weight is 278 g/mol. The molecule has 20 heavy (non-hydrogen) atoms. The Kier molecular flexibility index (Phi) is 7.63. The number of benzene rings is 1. The van der Waals surface area contributed by atoms with Crippen molar-refractivity contribution in [2.24, 2.45) is 0 Å². The first-order chi connectivity index (χ1) is 9.62. The maximum absolute atomic E-state index is 5.50. The molecule has 0 aromatic heterocycles. The number of rotatable bonds is 9. The molecule has 1 unspecified atom stereocenters. The molecule has 3 nitrogen and oxygen atoms in total. The summed E-state index contributed by atoms with van der Waals surface area (Å²) in [6.45, 7) is 11.7. The molecule has 0 fully saturated rings. The molecular weight excluding hydrogens is 248 g/mol. The molecule has 3 heteroatoms. The van der Waals surface area contributed by atoms with Gasteiger partial charge in [-0.15, -0.1) is 0 Å². The van der Waals surface area contributed by atoms with E-state index < -0.39 is 0 Å². The first kappa shape index (κ1) is 17.0. The van der Waals surface area contributed by atoms with E-state index in [1.165, 1.54) is 12.0 Å². The molecule has 0 spiro atoms. The third kappa shape index (κ3) is 5.14. The molecule has 0 radical (unpaired) electrons. The van der Waals surface area contributed by atoms with Gasteiger partial charge in [0.25, 0.3) is 0 Å². The lowest BCUT2D eigenvalue weighted by atomic mass is 10.1. The molecule has 114 valence electrons. The minimum Gasteiger partial charge on any atom is -0.494 e. The molecule has 0 saturated heterocycles. The highest BCUT2D eigenvalue weighted by Gasteiger charge is 2.16. The minimum absolute atomic E-state index is 0.361. The first-order valence-corrected chi connectivity index (χ1v) is 7.76. The number of hydrogen-bond donors (Lipinski definition) is 1. The van der Waals surface area contributed by atoms with Gasteiger partial charge < -0.3 is 10.1 Å². The fourth-order valence-corrected chi connectivity index (χ4v) is 2.41. The van der Waals surface area contributed by atoms with Gasteiger partial charge in [0.2, 0.25) is 0 Å². The summed E-state index contributed by atoms with van der Waals surface area (Å²) < 4.78 is 5.50. The molecule has 0 aliphatic rings. The van der Waals surface area contributed by atoms with Gasteiger partial charge in [-0.25, -0.2) is 0 Å². The van der Waals surface area contributed by atoms with Crippen LogP contribution in [0.4, 0.5) is 0 Å². The predicted octanol–water partition coefficient (Wildman–Crippen LogP) is 3.47. The van der Waals surface area contributed by atoms with Gasteiger partial charge in [0.15, 0.2) is 0 Å². The minimum atomic E-state index is 0.361. The lowest BCUT2D eigenvalue weighted by molar-refractivity contribution is 0.200. The van der Waals surface area contributed by atoms with Crippen LogP contribution in [-0.4, -0.2) is 37.7 Å². The van der Waals surface area contributed by atoms with Gasteiger partial charge in [0.1, 0.15) is 5.75 Å². The SMILES string of the molecule is CCCN(CC(NC)c1ccc(OCC)cc1)C(C)C. The zero-order valence-corrected chi connectivity index (χ0v) is 13.6. The van der Waals surface area contributed by atoms with Crippen LogP contribution in [0.3, 0.4) is 0 Å². The smallest absolute Gasteiger partial charge is 0.119 e. The number of nitrogens with zero attached hydrogens (tertiary/aromatic N) is 1. The van der Waals surface area contributed by atoms with E-state index in [9.17, 15) is 0 Å². The normalized spacial score (nSPS) is 12.9. The van der Waals surface area contributed by atoms with Crippen LogP contribution in [0, 0.1) is 0 Å². The molecule has 0 aliphatic heterocycles. The second-order valence-electron chi connectivity index (χ2n) is 5.43. The molecule has 1 atom stereocenters. The Hall–Kier alpha value is -1.06. The summed E-state index contributed by atoms with van der Waals surface area (Å²) in [6, 6.07) is 9.38. The van der Waals surface area contributed by atoms with Crippen molar-refractivity contribution in [1.29, 1.82) is 0 Å². The van der Waals surface area contributed by atoms with Crippen LogP contribution in [0.5, 0.6) is 5.75 Å². The van der Waals surface area contributed by atoms with Crippen LogP contribution in [0.15, 0.2) is 24.3 Å². The van der Waals surface area contributed by atoms with Crippen LogP contribution < -0.4 is 10.1 Å². The van der Waals surface area contributed by atoms with E-state index in [2.05, 4.69) is 55.3 Å². The summed E-state index contributed by atoms with van der Waals surface area (Å²) in [4.78, 5) is 2.53. The fraction of sp³-hybridized carbons (Fsp3) is 0.647. The summed E-state index contributed by atoms with van der Waals surface area (Å²) in [5, 5.41) is 3.43. The van der Waals surface area contributed by atoms with Gasteiger partial charge in [0.05, 0.1) is 6.61 Å². The van der Waals surface area contributed by atoms with Crippen molar-refractivity contribution in [1.82, 2.24) is 10.2 Å². The average Bonchev–Trinajstić information content (AvgIpc) is 2.44. The Bertz CT molecular complexity index is 362. The Morgan fingerprint density at radius 3 is 2.25 bits per heavy atom. The van der Waals surface area contributed by atoms with Crippen LogP contribution >= 0.6 is 0 Å². The zero-order chi connectivity index (χ0) is 15.0. The third-order valence-electron chi connectivity index (χ3n) is 3.60. The molecule has 1 rings (SSSR count). The Morgan fingerprint density at radius 2 is 1.80 bits per heavy atom. The number of likely N-dealkylation sites (N-methyl/N-ethyl adjacent to an activating group) is 1. The molecule has 1 aromatic rings. The van der Waals surface area contributed by atoms with Crippen molar-refractivity contribution >= 4 is 0 Å². The predicted molar refractivity (Wildman–Crippen MR) is 86.4 cm³/mol. The van der Waals surface area contributed by atoms with Crippen molar-refractivity contribution in [3.63, 3.8) is 0 Å². The summed E-state index contributed by atoms with van der Waals surface area (Å²) >= 11 is 0. The van der Waals surface area contributed by atoms with E-state index in [0.29, 0.717) is 18.7 Å². The maximum atomic E-state index is 5.50. The highest BCUT2D eigenvalue weighted by Crippen LogP contribution is 2.19. The summed E-state index contributed by atoms with van der Waals surface area (Å²) in [6.07, 6.45) is 1.19. The highest BCUT2D eigenvalue weighted by atomic mass is 16.5. The second-order valence-corrected chi connectivity index (χ2v) is 5.43. The van der Waals surface area contributed by atoms with Crippen molar-refractivity contribution < 1.29 is 4.74 Å². The van der Waals surface area contributed by atoms with E-state index in [-0.39, 0.29) is 0 Å². The zero-order valence-electron chi connectivity index (χ0n) is 13.6. The quantitative estimate of drug-likeness (QED) is 0.748. The van der Waals surface area contributed by atoms with E-state index in [1.807, 2.05) is 14.0 Å². The van der Waals surface area contributed by atoms with E-state index >= 15 is 0 Å². The van der Waals surface area contributed by atoms with Gasteiger partial charge >= 0.3 is 0 Å². The van der Waals surface area contributed by atoms with E-state index in [4.69, 9.17) is 4.74 Å². The Morgan fingerprint density at radius 1 is 1.15 bits per heavy atom. The van der Waals surface area contributed by atoms with Crippen molar-refractivity contribution in [3.05, 3.63) is 29.8 Å². The lowest BCUT2D eigenvalue weighted by Gasteiger charge is -2.30. The van der Waals surface area contributed by atoms with Crippen LogP contribution in [0.1, 0.15) is 45.7 Å². The van der Waals surface area contributed by atoms with Crippen molar-refractivity contribution in [2.75, 3.05) is 26.7 Å². The van der Waals surface area contributed by atoms with Gasteiger partial charge in [-0.3, -0.25) is 4.90 Å². The molecule has 0 amide bonds. The molecule has 1 aromatic carbocycles. The van der Waals surface area contributed by atoms with Crippen LogP contribution in [0.2, 0.25) is 0 Å². The Labute approximate surface area is 124 Å². The highest BCUT2D eigenvalue weighted by molar-refractivity contribution is 5.29. The van der Waals surface area contributed by atoms with Gasteiger partial charge in [-0.2, -0.15) is 0 Å². The number of ether oxygens (including phenoxy) is 1. The molecule has 0 aliphatic carbocycles. The third-order valence-corrected chi connectivity index (χ3v) is 3.60. The number of nitrogens with one attached hydrogen (secondary N) is 1. The van der Waals surface area contributed by atoms with Crippen LogP contribution in [-0.2, 0) is 0 Å². The number of hydrogen-bond acceptors (Lipinski definition) is 3. The fourth-order valence-electron chi connectivity index (χ4n) is 2.41. The summed E-state index contributed by atoms with van der Waals surface area (Å²) in [5.41, 5.74) is 1.32. The molecule has 0 bridgehead atoms. The lowest BCUT2D eigenvalue weighted by Crippen LogP contribution is -2.38.